The smallest absolute Gasteiger partial charge is 0.0528 e. The lowest BCUT2D eigenvalue weighted by Crippen LogP contribution is -2.03. The third-order valence-corrected chi connectivity index (χ3v) is 2.60. The summed E-state index contributed by atoms with van der Waals surface area (Å²) < 4.78 is 2.28. The largest absolute Gasteiger partial charge is 0.345 e. The van der Waals surface area contributed by atoms with Crippen molar-refractivity contribution in [2.45, 2.75) is 26.4 Å². The molecule has 0 bridgehead atoms. The molecule has 0 amide bonds. The molecule has 0 aliphatic carbocycles. The van der Waals surface area contributed by atoms with Crippen molar-refractivity contribution in [3.8, 4) is 0 Å². The molecule has 0 aliphatic heterocycles. The van der Waals surface area contributed by atoms with Crippen molar-refractivity contribution in [3.05, 3.63) is 36.0 Å². The summed E-state index contributed by atoms with van der Waals surface area (Å²) in [4.78, 5) is 0. The first-order valence-electron chi connectivity index (χ1n) is 5.02. The van der Waals surface area contributed by atoms with Crippen LogP contribution in [0, 0.1) is 0 Å². The van der Waals surface area contributed by atoms with E-state index in [1.165, 1.54) is 16.5 Å². The highest BCUT2D eigenvalue weighted by molar-refractivity contribution is 5.83. The Hall–Kier alpha value is -1.28. The first kappa shape index (κ1) is 9.28. The topological polar surface area (TPSA) is 30.9 Å². The third kappa shape index (κ3) is 1.32. The molecule has 2 rings (SSSR count). The number of rotatable bonds is 2. The molecule has 0 radical (unpaired) electrons. The summed E-state index contributed by atoms with van der Waals surface area (Å²) in [6.45, 7) is 4.98. The molecule has 1 heterocycles. The van der Waals surface area contributed by atoms with E-state index in [1.54, 1.807) is 0 Å². The molecule has 14 heavy (non-hydrogen) atoms. The van der Waals surface area contributed by atoms with Gasteiger partial charge in [0.05, 0.1) is 5.52 Å². The molecule has 2 aromatic rings. The van der Waals surface area contributed by atoms with Crippen LogP contribution in [0.2, 0.25) is 0 Å². The Morgan fingerprint density at radius 2 is 2.07 bits per heavy atom. The van der Waals surface area contributed by atoms with E-state index >= 15 is 0 Å². The maximum absolute atomic E-state index is 5.73. The van der Waals surface area contributed by atoms with Crippen LogP contribution in [-0.2, 0) is 6.54 Å². The van der Waals surface area contributed by atoms with Crippen LogP contribution in [0.1, 0.15) is 25.5 Å². The summed E-state index contributed by atoms with van der Waals surface area (Å²) >= 11 is 0. The van der Waals surface area contributed by atoms with Crippen LogP contribution >= 0.6 is 0 Å². The van der Waals surface area contributed by atoms with Crippen LogP contribution in [0.4, 0.5) is 0 Å². The Kier molecular flexibility index (Phi) is 2.30. The van der Waals surface area contributed by atoms with E-state index in [1.807, 2.05) is 0 Å². The molecule has 1 aromatic carbocycles. The van der Waals surface area contributed by atoms with Crippen molar-refractivity contribution in [1.82, 2.24) is 4.57 Å². The van der Waals surface area contributed by atoms with Gasteiger partial charge in [0.15, 0.2) is 0 Å². The molecule has 2 nitrogen and oxygen atoms in total. The second-order valence-electron chi connectivity index (χ2n) is 3.88. The summed E-state index contributed by atoms with van der Waals surface area (Å²) in [6, 6.07) is 8.93. The molecule has 74 valence electrons. The number of hydrogen-bond donors (Lipinski definition) is 1. The van der Waals surface area contributed by atoms with Gasteiger partial charge in [0.2, 0.25) is 0 Å². The minimum Gasteiger partial charge on any atom is -0.345 e. The maximum atomic E-state index is 5.73. The lowest BCUT2D eigenvalue weighted by Gasteiger charge is -2.11. The fourth-order valence-corrected chi connectivity index (χ4v) is 1.89. The number of nitrogens with two attached hydrogens (primary N) is 1. The van der Waals surface area contributed by atoms with Crippen LogP contribution < -0.4 is 5.73 Å². The van der Waals surface area contributed by atoms with Gasteiger partial charge in [-0.05, 0) is 30.9 Å². The quantitative estimate of drug-likeness (QED) is 0.771. The number of para-hydroxylation sites is 1. The average Bonchev–Trinajstić information content (AvgIpc) is 2.60. The van der Waals surface area contributed by atoms with E-state index < -0.39 is 0 Å². The van der Waals surface area contributed by atoms with Gasteiger partial charge < -0.3 is 10.3 Å². The van der Waals surface area contributed by atoms with Gasteiger partial charge in [0.1, 0.15) is 0 Å². The van der Waals surface area contributed by atoms with Gasteiger partial charge >= 0.3 is 0 Å². The average molecular weight is 188 g/mol. The third-order valence-electron chi connectivity index (χ3n) is 2.60. The minimum atomic E-state index is 0.486. The predicted molar refractivity (Wildman–Crippen MR) is 60.2 cm³/mol. The van der Waals surface area contributed by atoms with Crippen molar-refractivity contribution in [2.24, 2.45) is 5.73 Å². The van der Waals surface area contributed by atoms with E-state index in [2.05, 4.69) is 48.9 Å². The standard InChI is InChI=1S/C12H16N2/c1-9(2)14-7-6-10-4-3-5-11(8-13)12(10)14/h3-7,9H,8,13H2,1-2H3. The summed E-state index contributed by atoms with van der Waals surface area (Å²) in [5.74, 6) is 0. The predicted octanol–water partition coefficient (Wildman–Crippen LogP) is 2.68. The molecular weight excluding hydrogens is 172 g/mol. The van der Waals surface area contributed by atoms with Crippen LogP contribution in [0.25, 0.3) is 10.9 Å². The number of nitrogens with zero attached hydrogens (tertiary/aromatic N) is 1. The monoisotopic (exact) mass is 188 g/mol. The first-order chi connectivity index (χ1) is 6.74. The number of benzene rings is 1. The Labute approximate surface area is 84.3 Å². The van der Waals surface area contributed by atoms with E-state index in [-0.39, 0.29) is 0 Å². The van der Waals surface area contributed by atoms with Gasteiger partial charge in [-0.1, -0.05) is 18.2 Å². The van der Waals surface area contributed by atoms with E-state index in [0.29, 0.717) is 12.6 Å². The van der Waals surface area contributed by atoms with Crippen LogP contribution in [0.3, 0.4) is 0 Å². The zero-order valence-electron chi connectivity index (χ0n) is 8.70. The molecule has 0 unspecified atom stereocenters. The van der Waals surface area contributed by atoms with Crippen LogP contribution in [-0.4, -0.2) is 4.57 Å². The Morgan fingerprint density at radius 3 is 2.71 bits per heavy atom. The van der Waals surface area contributed by atoms with Gasteiger partial charge in [0.25, 0.3) is 0 Å². The highest BCUT2D eigenvalue weighted by atomic mass is 15.0. The fraction of sp³-hybridized carbons (Fsp3) is 0.333. The van der Waals surface area contributed by atoms with Gasteiger partial charge in [0, 0.05) is 18.8 Å². The normalized spacial score (nSPS) is 11.4. The van der Waals surface area contributed by atoms with Crippen molar-refractivity contribution in [2.75, 3.05) is 0 Å². The number of fused-ring (bicyclic) bond motifs is 1. The fourth-order valence-electron chi connectivity index (χ4n) is 1.89. The van der Waals surface area contributed by atoms with Crippen molar-refractivity contribution in [3.63, 3.8) is 0 Å². The highest BCUT2D eigenvalue weighted by Gasteiger charge is 2.06. The van der Waals surface area contributed by atoms with Gasteiger partial charge in [-0.2, -0.15) is 0 Å². The lowest BCUT2D eigenvalue weighted by atomic mass is 10.1. The van der Waals surface area contributed by atoms with Crippen molar-refractivity contribution < 1.29 is 0 Å². The van der Waals surface area contributed by atoms with Crippen LogP contribution in [0.15, 0.2) is 30.5 Å². The van der Waals surface area contributed by atoms with Gasteiger partial charge in [-0.25, -0.2) is 0 Å². The second kappa shape index (κ2) is 3.46. The Balaban J connectivity index is 2.74. The molecule has 0 saturated heterocycles. The van der Waals surface area contributed by atoms with E-state index in [4.69, 9.17) is 5.73 Å². The summed E-state index contributed by atoms with van der Waals surface area (Å²) in [5, 5.41) is 1.28. The molecular formula is C12H16N2. The van der Waals surface area contributed by atoms with Gasteiger partial charge in [-0.3, -0.25) is 0 Å². The van der Waals surface area contributed by atoms with E-state index in [9.17, 15) is 0 Å². The Bertz CT molecular complexity index is 441. The van der Waals surface area contributed by atoms with Crippen molar-refractivity contribution >= 4 is 10.9 Å². The summed E-state index contributed by atoms with van der Waals surface area (Å²) in [5.41, 5.74) is 8.24. The molecule has 0 atom stereocenters. The zero-order chi connectivity index (χ0) is 10.1. The second-order valence-corrected chi connectivity index (χ2v) is 3.88. The minimum absolute atomic E-state index is 0.486. The maximum Gasteiger partial charge on any atom is 0.0528 e. The molecule has 0 saturated carbocycles. The molecule has 0 fully saturated rings. The molecule has 2 heteroatoms. The van der Waals surface area contributed by atoms with Crippen LogP contribution in [0.5, 0.6) is 0 Å². The zero-order valence-corrected chi connectivity index (χ0v) is 8.70. The molecule has 0 spiro atoms. The van der Waals surface area contributed by atoms with Crippen molar-refractivity contribution in [1.29, 1.82) is 0 Å². The number of hydrogen-bond acceptors (Lipinski definition) is 1. The van der Waals surface area contributed by atoms with Gasteiger partial charge in [-0.15, -0.1) is 0 Å². The molecule has 2 N–H and O–H groups in total. The molecule has 0 aliphatic rings. The summed E-state index contributed by atoms with van der Waals surface area (Å²) in [6.07, 6.45) is 2.13. The highest BCUT2D eigenvalue weighted by Crippen LogP contribution is 2.23. The SMILES string of the molecule is CC(C)n1ccc2cccc(CN)c21. The first-order valence-corrected chi connectivity index (χ1v) is 5.02. The Morgan fingerprint density at radius 1 is 1.29 bits per heavy atom. The number of aromatic nitrogens is 1. The summed E-state index contributed by atoms with van der Waals surface area (Å²) in [7, 11) is 0. The molecule has 1 aromatic heterocycles. The lowest BCUT2D eigenvalue weighted by molar-refractivity contribution is 0.621. The van der Waals surface area contributed by atoms with E-state index in [0.717, 1.165) is 0 Å².